The zero-order valence-electron chi connectivity index (χ0n) is 49.9. The first-order valence-corrected chi connectivity index (χ1v) is 24.1. The van der Waals surface area contributed by atoms with E-state index in [1.165, 1.54) is 29.5 Å². The third kappa shape index (κ3) is 8.97. The average Bonchev–Trinajstić information content (AvgIpc) is 4.11. The Kier molecular flexibility index (Phi) is 9.15. The van der Waals surface area contributed by atoms with Crippen LogP contribution in [0.5, 0.6) is 0 Å². The summed E-state index contributed by atoms with van der Waals surface area (Å²) in [6, 6.07) is 46.8. The van der Waals surface area contributed by atoms with Crippen molar-refractivity contribution in [1.29, 1.82) is 0 Å². The van der Waals surface area contributed by atoms with Crippen LogP contribution in [0.25, 0.3) is 67.0 Å². The third-order valence-corrected chi connectivity index (χ3v) is 14.0. The predicted molar refractivity (Wildman–Crippen MR) is 288 cm³/mol. The molecule has 5 aromatic carbocycles. The van der Waals surface area contributed by atoms with E-state index in [1.807, 2.05) is 54.9 Å². The molecule has 5 aromatic heterocycles. The molecule has 0 fully saturated rings. The van der Waals surface area contributed by atoms with Crippen molar-refractivity contribution < 1.29 is 18.1 Å². The zero-order valence-corrected chi connectivity index (χ0v) is 39.9. The average molecular weight is 923 g/mol. The van der Waals surface area contributed by atoms with E-state index in [4.69, 9.17) is 27.6 Å². The number of benzene rings is 5. The van der Waals surface area contributed by atoms with Crippen LogP contribution in [0.2, 0.25) is 0 Å². The fourth-order valence-electron chi connectivity index (χ4n) is 10.3. The first kappa shape index (κ1) is 34.7. The Morgan fingerprint density at radius 1 is 0.543 bits per heavy atom. The lowest BCUT2D eigenvalue weighted by Crippen LogP contribution is -2.23. The molecular formula is C65H60N4O. The summed E-state index contributed by atoms with van der Waals surface area (Å²) < 4.78 is 96.4. The van der Waals surface area contributed by atoms with Gasteiger partial charge < -0.3 is 4.42 Å². The number of fused-ring (bicyclic) bond motifs is 4. The Balaban J connectivity index is 1.02. The molecule has 1 aliphatic rings. The highest BCUT2D eigenvalue weighted by molar-refractivity contribution is 6.08. The van der Waals surface area contributed by atoms with Gasteiger partial charge in [0.1, 0.15) is 5.58 Å². The molecular weight excluding hydrogens is 853 g/mol. The summed E-state index contributed by atoms with van der Waals surface area (Å²) >= 11 is 0. The molecule has 10 aromatic rings. The monoisotopic (exact) mass is 923 g/mol. The fourth-order valence-corrected chi connectivity index (χ4v) is 10.3. The lowest BCUT2D eigenvalue weighted by atomic mass is 9.77. The molecule has 0 saturated heterocycles. The van der Waals surface area contributed by atoms with E-state index in [0.717, 1.165) is 64.0 Å². The van der Waals surface area contributed by atoms with E-state index in [1.54, 1.807) is 54.6 Å². The lowest BCUT2D eigenvalue weighted by Gasteiger charge is -2.28. The normalized spacial score (nSPS) is 15.7. The Morgan fingerprint density at radius 3 is 1.97 bits per heavy atom. The number of hydrogen-bond acceptors (Lipinski definition) is 5. The minimum Gasteiger partial charge on any atom is -0.437 e. The first-order chi connectivity index (χ1) is 37.9. The highest BCUT2D eigenvalue weighted by Crippen LogP contribution is 2.39. The van der Waals surface area contributed by atoms with Gasteiger partial charge in [-0.3, -0.25) is 15.0 Å². The highest BCUT2D eigenvalue weighted by atomic mass is 16.3. The third-order valence-electron chi connectivity index (χ3n) is 14.0. The minimum atomic E-state index is -2.84. The number of furan rings is 1. The van der Waals surface area contributed by atoms with Gasteiger partial charge in [0.2, 0.25) is 5.71 Å². The topological polar surface area (TPSA) is 64.7 Å². The molecule has 346 valence electrons. The SMILES string of the molecule is [2H]C([2H])([2H])c1ccc2c(n1)oc1c(-c3cc(-c4ccccc4C([2H])([2H])[2H])c(C([2H])([2H])C([2H])([2H])c4cc(CC(C)(C)c5ccc(-c6ccccc6)nc5)cc(CC(C)(C)c5ccc(-c6cccc7c6CCC7)nc5)c4)cn3)cccc12. The molecule has 5 heteroatoms. The van der Waals surface area contributed by atoms with Crippen molar-refractivity contribution >= 4 is 22.1 Å². The summed E-state index contributed by atoms with van der Waals surface area (Å²) in [4.78, 5) is 19.0. The van der Waals surface area contributed by atoms with Gasteiger partial charge in [-0.25, -0.2) is 4.98 Å². The summed E-state index contributed by atoms with van der Waals surface area (Å²) in [5, 5.41) is 1.21. The number of rotatable bonds is 13. The van der Waals surface area contributed by atoms with Crippen molar-refractivity contribution in [3.63, 3.8) is 0 Å². The molecule has 0 atom stereocenters. The number of aryl methyl sites for hydroxylation is 5. The Hall–Kier alpha value is -7.50. The molecule has 0 N–H and O–H groups in total. The summed E-state index contributed by atoms with van der Waals surface area (Å²) in [7, 11) is 0. The smallest absolute Gasteiger partial charge is 0.227 e. The van der Waals surface area contributed by atoms with Crippen molar-refractivity contribution in [3.05, 3.63) is 226 Å². The molecule has 0 radical (unpaired) electrons. The van der Waals surface area contributed by atoms with E-state index >= 15 is 0 Å². The largest absolute Gasteiger partial charge is 0.437 e. The van der Waals surface area contributed by atoms with Crippen molar-refractivity contribution in [3.8, 4) is 44.9 Å². The number of para-hydroxylation sites is 1. The fraction of sp³-hybridized carbons (Fsp3) is 0.231. The maximum Gasteiger partial charge on any atom is 0.227 e. The molecule has 0 amide bonds. The van der Waals surface area contributed by atoms with Gasteiger partial charge in [0.05, 0.1) is 17.1 Å². The van der Waals surface area contributed by atoms with Gasteiger partial charge in [0, 0.05) is 65.5 Å². The Morgan fingerprint density at radius 2 is 1.23 bits per heavy atom. The van der Waals surface area contributed by atoms with Gasteiger partial charge in [0.25, 0.3) is 0 Å². The van der Waals surface area contributed by atoms with Gasteiger partial charge in [-0.05, 0) is 167 Å². The van der Waals surface area contributed by atoms with E-state index in [2.05, 4.69) is 75.1 Å². The van der Waals surface area contributed by atoms with Crippen LogP contribution in [-0.2, 0) is 49.3 Å². The second kappa shape index (κ2) is 18.4. The van der Waals surface area contributed by atoms with Crippen LogP contribution in [0, 0.1) is 13.7 Å². The standard InChI is InChI=1S/C65H60N4O/c1-42-15-10-11-20-52(42)58-36-61(57-24-14-23-55-56-30-25-43(2)69-63(56)70-62(55)57)66-39-49(58)27-26-44-33-45(37-64(3,4)50-28-31-59(67-40-50)48-16-8-7-9-17-48)35-46(34-44)38-65(5,6)51-29-32-60(68-41-51)54-22-13-19-47-18-12-21-53(47)54/h7-11,13-17,19-20,22-25,28-36,39-41H,12,18,21,26-27,37-38H2,1-6H3/i1D3,2D3,26D2,27D2. The first-order valence-electron chi connectivity index (χ1n) is 29.1. The van der Waals surface area contributed by atoms with Crippen LogP contribution in [0.1, 0.15) is 104 Å². The minimum absolute atomic E-state index is 0.0478. The maximum atomic E-state index is 10.1. The van der Waals surface area contributed by atoms with Gasteiger partial charge in [-0.1, -0.05) is 143 Å². The molecule has 0 aliphatic heterocycles. The second-order valence-electron chi connectivity index (χ2n) is 19.9. The molecule has 11 rings (SSSR count). The maximum absolute atomic E-state index is 10.1. The second-order valence-corrected chi connectivity index (χ2v) is 19.9. The molecule has 5 heterocycles. The Labute approximate surface area is 426 Å². The van der Waals surface area contributed by atoms with Crippen LogP contribution in [0.3, 0.4) is 0 Å². The number of aromatic nitrogens is 4. The van der Waals surface area contributed by atoms with Crippen LogP contribution in [0.15, 0.2) is 175 Å². The molecule has 5 nitrogen and oxygen atoms in total. The van der Waals surface area contributed by atoms with Crippen molar-refractivity contribution in [2.24, 2.45) is 0 Å². The highest BCUT2D eigenvalue weighted by Gasteiger charge is 2.26. The van der Waals surface area contributed by atoms with Crippen molar-refractivity contribution in [1.82, 2.24) is 19.9 Å². The van der Waals surface area contributed by atoms with Crippen LogP contribution < -0.4 is 0 Å². The Bertz CT molecular complexity index is 3960. The van der Waals surface area contributed by atoms with Crippen molar-refractivity contribution in [2.45, 2.75) is 97.1 Å². The summed E-state index contributed by atoms with van der Waals surface area (Å²) in [5.41, 5.74) is 10.6. The summed E-state index contributed by atoms with van der Waals surface area (Å²) in [6.45, 7) is 3.44. The summed E-state index contributed by atoms with van der Waals surface area (Å²) in [5.74, 6) is 0. The van der Waals surface area contributed by atoms with Crippen molar-refractivity contribution in [2.75, 3.05) is 0 Å². The van der Waals surface area contributed by atoms with E-state index in [0.29, 0.717) is 34.8 Å². The van der Waals surface area contributed by atoms with Gasteiger partial charge in [-0.2, -0.15) is 0 Å². The molecule has 70 heavy (non-hydrogen) atoms. The van der Waals surface area contributed by atoms with Crippen LogP contribution in [0.4, 0.5) is 0 Å². The molecule has 0 bridgehead atoms. The quantitative estimate of drug-likeness (QED) is 0.115. The van der Waals surface area contributed by atoms with Gasteiger partial charge in [-0.15, -0.1) is 0 Å². The molecule has 1 aliphatic carbocycles. The van der Waals surface area contributed by atoms with E-state index in [9.17, 15) is 5.48 Å². The van der Waals surface area contributed by atoms with Gasteiger partial charge in [0.15, 0.2) is 0 Å². The van der Waals surface area contributed by atoms with E-state index < -0.39 is 37.3 Å². The zero-order chi connectivity index (χ0) is 56.6. The number of nitrogens with zero attached hydrogens (tertiary/aromatic N) is 4. The molecule has 0 unspecified atom stereocenters. The number of hydrogen-bond donors (Lipinski definition) is 0. The van der Waals surface area contributed by atoms with Crippen LogP contribution >= 0.6 is 0 Å². The lowest BCUT2D eigenvalue weighted by molar-refractivity contribution is 0.512. The number of pyridine rings is 4. The summed E-state index contributed by atoms with van der Waals surface area (Å²) in [6.07, 6.45) is 3.73. The van der Waals surface area contributed by atoms with E-state index in [-0.39, 0.29) is 44.9 Å². The van der Waals surface area contributed by atoms with Gasteiger partial charge >= 0.3 is 0 Å². The molecule has 0 saturated carbocycles. The van der Waals surface area contributed by atoms with Crippen LogP contribution in [-0.4, -0.2) is 19.9 Å². The molecule has 0 spiro atoms. The predicted octanol–water partition coefficient (Wildman–Crippen LogP) is 15.8.